The zero-order valence-electron chi connectivity index (χ0n) is 7.64. The van der Waals surface area contributed by atoms with Gasteiger partial charge in [-0.2, -0.15) is 0 Å². The van der Waals surface area contributed by atoms with Gasteiger partial charge in [0.25, 0.3) is 0 Å². The molecule has 0 radical (unpaired) electrons. The Hall–Kier alpha value is -0.880. The molecule has 1 aromatic heterocycles. The molecule has 0 bridgehead atoms. The molecular formula is C8H12N2O3S. The number of hydrogen-bond acceptors (Lipinski definition) is 5. The summed E-state index contributed by atoms with van der Waals surface area (Å²) in [5, 5.41) is 3.18. The van der Waals surface area contributed by atoms with Crippen molar-refractivity contribution < 1.29 is 12.9 Å². The van der Waals surface area contributed by atoms with Crippen molar-refractivity contribution in [2.24, 2.45) is 5.73 Å². The zero-order chi connectivity index (χ0) is 10.2. The highest BCUT2D eigenvalue weighted by molar-refractivity contribution is 7.91. The first-order valence-corrected chi connectivity index (χ1v) is 6.22. The van der Waals surface area contributed by atoms with Gasteiger partial charge in [-0.15, -0.1) is 0 Å². The van der Waals surface area contributed by atoms with E-state index in [0.717, 1.165) is 0 Å². The normalized spacial score (nSPS) is 25.4. The Labute approximate surface area is 82.2 Å². The van der Waals surface area contributed by atoms with Gasteiger partial charge in [-0.3, -0.25) is 0 Å². The molecule has 0 amide bonds. The Morgan fingerprint density at radius 3 is 2.93 bits per heavy atom. The van der Waals surface area contributed by atoms with Crippen LogP contribution >= 0.6 is 0 Å². The van der Waals surface area contributed by atoms with Gasteiger partial charge >= 0.3 is 0 Å². The maximum atomic E-state index is 11.5. The third-order valence-electron chi connectivity index (χ3n) is 2.43. The number of hydrogen-bond donors (Lipinski definition) is 1. The van der Waals surface area contributed by atoms with Crippen molar-refractivity contribution in [2.45, 2.75) is 24.6 Å². The van der Waals surface area contributed by atoms with Crippen LogP contribution in [0.5, 0.6) is 0 Å². The molecule has 0 saturated carbocycles. The predicted octanol–water partition coefficient (Wildman–Crippen LogP) is 0.383. The van der Waals surface area contributed by atoms with Crippen LogP contribution in [0.2, 0.25) is 0 Å². The molecule has 2 heterocycles. The molecule has 1 aliphatic heterocycles. The van der Waals surface area contributed by atoms with Crippen LogP contribution in [0.25, 0.3) is 0 Å². The number of sulfone groups is 1. The van der Waals surface area contributed by atoms with E-state index in [0.29, 0.717) is 24.3 Å². The second-order valence-electron chi connectivity index (χ2n) is 3.42. The molecular weight excluding hydrogens is 204 g/mol. The average molecular weight is 216 g/mol. The monoisotopic (exact) mass is 216 g/mol. The molecule has 2 rings (SSSR count). The van der Waals surface area contributed by atoms with Crippen LogP contribution in [0.3, 0.4) is 0 Å². The summed E-state index contributed by atoms with van der Waals surface area (Å²) < 4.78 is 28.0. The summed E-state index contributed by atoms with van der Waals surface area (Å²) in [6.45, 7) is 0.274. The summed E-state index contributed by atoms with van der Waals surface area (Å²) in [5.41, 5.74) is 5.96. The molecule has 1 atom stereocenters. The van der Waals surface area contributed by atoms with Crippen LogP contribution in [0, 0.1) is 0 Å². The van der Waals surface area contributed by atoms with Gasteiger partial charge in [0, 0.05) is 12.6 Å². The van der Waals surface area contributed by atoms with Crippen molar-refractivity contribution in [3.63, 3.8) is 0 Å². The van der Waals surface area contributed by atoms with Crippen molar-refractivity contribution in [1.82, 2.24) is 5.16 Å². The van der Waals surface area contributed by atoms with E-state index in [1.54, 1.807) is 6.07 Å². The summed E-state index contributed by atoms with van der Waals surface area (Å²) in [6, 6.07) is 1.63. The quantitative estimate of drug-likeness (QED) is 0.772. The summed E-state index contributed by atoms with van der Waals surface area (Å²) in [6.07, 6.45) is 1.33. The van der Waals surface area contributed by atoms with Gasteiger partial charge in [0.2, 0.25) is 0 Å². The van der Waals surface area contributed by atoms with Crippen molar-refractivity contribution in [3.05, 3.63) is 17.5 Å². The number of aromatic nitrogens is 1. The van der Waals surface area contributed by atoms with E-state index in [9.17, 15) is 8.42 Å². The third-order valence-corrected chi connectivity index (χ3v) is 4.63. The van der Waals surface area contributed by atoms with E-state index in [4.69, 9.17) is 10.3 Å². The van der Waals surface area contributed by atoms with Crippen LogP contribution in [0.4, 0.5) is 0 Å². The first-order valence-electron chi connectivity index (χ1n) is 4.50. The van der Waals surface area contributed by atoms with E-state index in [2.05, 4.69) is 5.16 Å². The minimum atomic E-state index is -3.01. The molecule has 0 aliphatic carbocycles. The lowest BCUT2D eigenvalue weighted by molar-refractivity contribution is 0.371. The topological polar surface area (TPSA) is 86.2 Å². The number of rotatable bonds is 2. The molecule has 14 heavy (non-hydrogen) atoms. The van der Waals surface area contributed by atoms with Gasteiger partial charge in [0.1, 0.15) is 5.25 Å². The Morgan fingerprint density at radius 1 is 1.64 bits per heavy atom. The molecule has 6 heteroatoms. The van der Waals surface area contributed by atoms with E-state index >= 15 is 0 Å². The Balaban J connectivity index is 2.31. The Morgan fingerprint density at radius 2 is 2.43 bits per heavy atom. The van der Waals surface area contributed by atoms with Crippen LogP contribution in [-0.4, -0.2) is 19.3 Å². The van der Waals surface area contributed by atoms with Crippen LogP contribution < -0.4 is 5.73 Å². The first-order chi connectivity index (χ1) is 6.63. The van der Waals surface area contributed by atoms with Crippen LogP contribution in [0.1, 0.15) is 29.5 Å². The average Bonchev–Trinajstić information content (AvgIpc) is 2.70. The predicted molar refractivity (Wildman–Crippen MR) is 50.2 cm³/mol. The lowest BCUT2D eigenvalue weighted by Crippen LogP contribution is -2.06. The fourth-order valence-corrected chi connectivity index (χ4v) is 3.53. The van der Waals surface area contributed by atoms with Gasteiger partial charge in [-0.25, -0.2) is 8.42 Å². The highest BCUT2D eigenvalue weighted by atomic mass is 32.2. The molecule has 1 saturated heterocycles. The maximum absolute atomic E-state index is 11.5. The molecule has 1 aliphatic rings. The number of nitrogens with two attached hydrogens (primary N) is 1. The van der Waals surface area contributed by atoms with E-state index in [1.165, 1.54) is 0 Å². The summed E-state index contributed by atoms with van der Waals surface area (Å²) >= 11 is 0. The summed E-state index contributed by atoms with van der Waals surface area (Å²) in [7, 11) is -3.01. The van der Waals surface area contributed by atoms with E-state index in [-0.39, 0.29) is 12.3 Å². The van der Waals surface area contributed by atoms with Crippen LogP contribution in [0.15, 0.2) is 10.6 Å². The largest absolute Gasteiger partial charge is 0.360 e. The van der Waals surface area contributed by atoms with Crippen LogP contribution in [-0.2, 0) is 16.4 Å². The highest BCUT2D eigenvalue weighted by Crippen LogP contribution is 2.34. The molecule has 1 unspecified atom stereocenters. The minimum Gasteiger partial charge on any atom is -0.360 e. The maximum Gasteiger partial charge on any atom is 0.160 e. The van der Waals surface area contributed by atoms with Gasteiger partial charge in [0.05, 0.1) is 11.4 Å². The third kappa shape index (κ3) is 1.55. The Kier molecular flexibility index (Phi) is 2.32. The fraction of sp³-hybridized carbons (Fsp3) is 0.625. The standard InChI is InChI=1S/C8H12N2O3S/c9-5-6-4-7(13-10-6)8-2-1-3-14(8,11)12/h4,8H,1-3,5,9H2. The smallest absolute Gasteiger partial charge is 0.160 e. The fourth-order valence-electron chi connectivity index (χ4n) is 1.69. The van der Waals surface area contributed by atoms with Gasteiger partial charge < -0.3 is 10.3 Å². The summed E-state index contributed by atoms with van der Waals surface area (Å²) in [5.74, 6) is 0.680. The molecule has 78 valence electrons. The van der Waals surface area contributed by atoms with Gasteiger partial charge in [-0.1, -0.05) is 5.16 Å². The minimum absolute atomic E-state index is 0.246. The lowest BCUT2D eigenvalue weighted by Gasteiger charge is -2.02. The second-order valence-corrected chi connectivity index (χ2v) is 5.73. The molecule has 1 fully saturated rings. The molecule has 1 aromatic rings. The Bertz CT molecular complexity index is 424. The summed E-state index contributed by atoms with van der Waals surface area (Å²) in [4.78, 5) is 0. The zero-order valence-corrected chi connectivity index (χ0v) is 8.46. The second kappa shape index (κ2) is 3.36. The van der Waals surface area contributed by atoms with E-state index < -0.39 is 15.1 Å². The van der Waals surface area contributed by atoms with Gasteiger partial charge in [-0.05, 0) is 12.8 Å². The van der Waals surface area contributed by atoms with Gasteiger partial charge in [0.15, 0.2) is 15.6 Å². The van der Waals surface area contributed by atoms with Crippen molar-refractivity contribution in [1.29, 1.82) is 0 Å². The van der Waals surface area contributed by atoms with Crippen molar-refractivity contribution in [2.75, 3.05) is 5.75 Å². The first kappa shape index (κ1) is 9.67. The number of nitrogens with zero attached hydrogens (tertiary/aromatic N) is 1. The molecule has 0 aromatic carbocycles. The highest BCUT2D eigenvalue weighted by Gasteiger charge is 2.35. The van der Waals surface area contributed by atoms with Crippen molar-refractivity contribution >= 4 is 9.84 Å². The molecule has 0 spiro atoms. The molecule has 2 N–H and O–H groups in total. The van der Waals surface area contributed by atoms with E-state index in [1.807, 2.05) is 0 Å². The molecule has 5 nitrogen and oxygen atoms in total. The van der Waals surface area contributed by atoms with Crippen molar-refractivity contribution in [3.8, 4) is 0 Å². The lowest BCUT2D eigenvalue weighted by atomic mass is 10.2. The SMILES string of the molecule is NCc1cc(C2CCCS2(=O)=O)on1.